The highest BCUT2D eigenvalue weighted by atomic mass is 32.1. The van der Waals surface area contributed by atoms with Crippen molar-refractivity contribution in [3.05, 3.63) is 58.7 Å². The lowest BCUT2D eigenvalue weighted by Gasteiger charge is -2.07. The molecule has 136 valence electrons. The molecule has 10 heteroatoms. The minimum absolute atomic E-state index is 0.0972. The van der Waals surface area contributed by atoms with E-state index in [2.05, 4.69) is 15.3 Å². The van der Waals surface area contributed by atoms with Crippen LogP contribution in [-0.2, 0) is 6.54 Å². The number of halogens is 1. The number of pyridine rings is 1. The second-order valence-corrected chi connectivity index (χ2v) is 6.62. The van der Waals surface area contributed by atoms with E-state index in [1.54, 1.807) is 16.9 Å². The fourth-order valence-electron chi connectivity index (χ4n) is 2.49. The van der Waals surface area contributed by atoms with E-state index < -0.39 is 10.7 Å². The molecule has 1 aromatic carbocycles. The summed E-state index contributed by atoms with van der Waals surface area (Å²) in [5.74, 6) is -0.497. The zero-order valence-electron chi connectivity index (χ0n) is 14.0. The Morgan fingerprint density at radius 1 is 1.30 bits per heavy atom. The highest BCUT2D eigenvalue weighted by Crippen LogP contribution is 2.39. The Balaban J connectivity index is 1.71. The van der Waals surface area contributed by atoms with Crippen LogP contribution in [0.2, 0.25) is 0 Å². The van der Waals surface area contributed by atoms with E-state index >= 15 is 0 Å². The summed E-state index contributed by atoms with van der Waals surface area (Å²) in [7, 11) is 0. The van der Waals surface area contributed by atoms with Gasteiger partial charge in [0, 0.05) is 24.9 Å². The van der Waals surface area contributed by atoms with E-state index in [4.69, 9.17) is 4.74 Å². The topological polar surface area (TPSA) is 96.0 Å². The summed E-state index contributed by atoms with van der Waals surface area (Å²) in [6.45, 7) is 2.68. The molecule has 0 atom stereocenters. The molecule has 0 aliphatic carbocycles. The first-order valence-corrected chi connectivity index (χ1v) is 8.77. The van der Waals surface area contributed by atoms with Crippen molar-refractivity contribution in [1.29, 1.82) is 0 Å². The predicted molar refractivity (Wildman–Crippen MR) is 97.4 cm³/mol. The molecule has 0 unspecified atom stereocenters. The Labute approximate surface area is 156 Å². The first-order valence-electron chi connectivity index (χ1n) is 7.96. The molecule has 0 aliphatic heterocycles. The molecule has 8 nitrogen and oxygen atoms in total. The molecule has 4 rings (SSSR count). The van der Waals surface area contributed by atoms with E-state index in [0.29, 0.717) is 23.5 Å². The summed E-state index contributed by atoms with van der Waals surface area (Å²) in [5, 5.41) is 18.9. The monoisotopic (exact) mass is 385 g/mol. The summed E-state index contributed by atoms with van der Waals surface area (Å²) in [6, 6.07) is 6.74. The summed E-state index contributed by atoms with van der Waals surface area (Å²) < 4.78 is 22.2. The Bertz CT molecular complexity index is 1160. The lowest BCUT2D eigenvalue weighted by molar-refractivity contribution is -0.385. The number of fused-ring (bicyclic) bond motifs is 1. The number of nitro benzene ring substituents is 1. The standard InChI is InChI=1S/C17H12FN5O3S/c1-2-22-9-13(20-21-22)16-8-12-17(27-16)15(5-6-19-12)26-14-4-3-10(23(24)25)7-11(14)18/h3-9H,2H2,1H3. The Hall–Kier alpha value is -3.40. The van der Waals surface area contributed by atoms with Crippen molar-refractivity contribution in [1.82, 2.24) is 20.0 Å². The Kier molecular flexibility index (Phi) is 4.24. The summed E-state index contributed by atoms with van der Waals surface area (Å²) in [4.78, 5) is 15.2. The van der Waals surface area contributed by atoms with Gasteiger partial charge in [-0.2, -0.15) is 0 Å². The van der Waals surface area contributed by atoms with Gasteiger partial charge in [0.15, 0.2) is 11.6 Å². The third-order valence-electron chi connectivity index (χ3n) is 3.84. The maximum absolute atomic E-state index is 14.1. The van der Waals surface area contributed by atoms with E-state index in [0.717, 1.165) is 15.6 Å². The van der Waals surface area contributed by atoms with E-state index in [1.165, 1.54) is 23.5 Å². The molecule has 0 amide bonds. The van der Waals surface area contributed by atoms with Gasteiger partial charge >= 0.3 is 0 Å². The average Bonchev–Trinajstić information content (AvgIpc) is 3.30. The molecule has 0 aliphatic rings. The zero-order chi connectivity index (χ0) is 19.0. The van der Waals surface area contributed by atoms with E-state index in [1.807, 2.05) is 19.2 Å². The van der Waals surface area contributed by atoms with Crippen LogP contribution in [0.1, 0.15) is 6.92 Å². The van der Waals surface area contributed by atoms with Gasteiger partial charge in [-0.25, -0.2) is 4.39 Å². The van der Waals surface area contributed by atoms with Crippen molar-refractivity contribution in [2.24, 2.45) is 0 Å². The normalized spacial score (nSPS) is 11.0. The van der Waals surface area contributed by atoms with Gasteiger partial charge in [0.2, 0.25) is 0 Å². The molecule has 0 spiro atoms. The fraction of sp³-hybridized carbons (Fsp3) is 0.118. The van der Waals surface area contributed by atoms with Gasteiger partial charge in [-0.05, 0) is 19.1 Å². The molecular formula is C17H12FN5O3S. The number of hydrogen-bond donors (Lipinski definition) is 0. The number of benzene rings is 1. The van der Waals surface area contributed by atoms with Crippen LogP contribution in [0.4, 0.5) is 10.1 Å². The first-order chi connectivity index (χ1) is 13.0. The minimum atomic E-state index is -0.808. The number of ether oxygens (including phenoxy) is 1. The molecule has 0 saturated heterocycles. The highest BCUT2D eigenvalue weighted by molar-refractivity contribution is 7.22. The van der Waals surface area contributed by atoms with Gasteiger partial charge < -0.3 is 4.74 Å². The molecule has 0 fully saturated rings. The van der Waals surface area contributed by atoms with E-state index in [9.17, 15) is 14.5 Å². The van der Waals surface area contributed by atoms with Crippen molar-refractivity contribution in [2.45, 2.75) is 13.5 Å². The average molecular weight is 385 g/mol. The van der Waals surface area contributed by atoms with E-state index in [-0.39, 0.29) is 11.4 Å². The number of nitro groups is 1. The smallest absolute Gasteiger partial charge is 0.272 e. The number of rotatable bonds is 5. The van der Waals surface area contributed by atoms with Crippen molar-refractivity contribution >= 4 is 27.2 Å². The number of thiophene rings is 1. The molecule has 0 radical (unpaired) electrons. The third kappa shape index (κ3) is 3.22. The molecule has 0 saturated carbocycles. The number of nitrogens with zero attached hydrogens (tertiary/aromatic N) is 5. The largest absolute Gasteiger partial charge is 0.453 e. The Morgan fingerprint density at radius 2 is 2.15 bits per heavy atom. The van der Waals surface area contributed by atoms with Crippen molar-refractivity contribution in [3.8, 4) is 22.1 Å². The van der Waals surface area contributed by atoms with Crippen LogP contribution >= 0.6 is 11.3 Å². The zero-order valence-corrected chi connectivity index (χ0v) is 14.8. The lowest BCUT2D eigenvalue weighted by atomic mass is 10.3. The first kappa shape index (κ1) is 17.0. The van der Waals surface area contributed by atoms with Gasteiger partial charge in [0.1, 0.15) is 11.4 Å². The van der Waals surface area contributed by atoms with Crippen LogP contribution in [-0.4, -0.2) is 24.9 Å². The van der Waals surface area contributed by atoms with Crippen LogP contribution < -0.4 is 4.74 Å². The number of aryl methyl sites for hydroxylation is 1. The molecule has 0 N–H and O–H groups in total. The number of hydrogen-bond acceptors (Lipinski definition) is 7. The fourth-order valence-corrected chi connectivity index (χ4v) is 3.51. The summed E-state index contributed by atoms with van der Waals surface area (Å²) in [6.07, 6.45) is 3.39. The lowest BCUT2D eigenvalue weighted by Crippen LogP contribution is -1.93. The van der Waals surface area contributed by atoms with Crippen LogP contribution in [0, 0.1) is 15.9 Å². The maximum Gasteiger partial charge on any atom is 0.272 e. The Morgan fingerprint density at radius 3 is 2.85 bits per heavy atom. The molecule has 27 heavy (non-hydrogen) atoms. The van der Waals surface area contributed by atoms with Crippen molar-refractivity contribution in [2.75, 3.05) is 0 Å². The number of non-ortho nitro benzene ring substituents is 1. The number of aromatic nitrogens is 4. The summed E-state index contributed by atoms with van der Waals surface area (Å²) in [5.41, 5.74) is 1.06. The molecule has 3 aromatic heterocycles. The minimum Gasteiger partial charge on any atom is -0.453 e. The van der Waals surface area contributed by atoms with Gasteiger partial charge in [-0.15, -0.1) is 16.4 Å². The summed E-state index contributed by atoms with van der Waals surface area (Å²) >= 11 is 1.40. The second-order valence-electron chi connectivity index (χ2n) is 5.57. The van der Waals surface area contributed by atoms with Gasteiger partial charge in [-0.1, -0.05) is 5.21 Å². The van der Waals surface area contributed by atoms with Gasteiger partial charge in [0.05, 0.1) is 32.3 Å². The highest BCUT2D eigenvalue weighted by Gasteiger charge is 2.16. The van der Waals surface area contributed by atoms with Crippen molar-refractivity contribution in [3.63, 3.8) is 0 Å². The van der Waals surface area contributed by atoms with Crippen molar-refractivity contribution < 1.29 is 14.1 Å². The molecule has 0 bridgehead atoms. The maximum atomic E-state index is 14.1. The van der Waals surface area contributed by atoms with Gasteiger partial charge in [0.25, 0.3) is 5.69 Å². The third-order valence-corrected chi connectivity index (χ3v) is 5.00. The predicted octanol–water partition coefficient (Wildman–Crippen LogP) is 4.41. The SMILES string of the molecule is CCn1cc(-c2cc3nccc(Oc4ccc([N+](=O)[O-])cc4F)c3s2)nn1. The second kappa shape index (κ2) is 6.72. The molecular weight excluding hydrogens is 373 g/mol. The van der Waals surface area contributed by atoms with Crippen LogP contribution in [0.15, 0.2) is 42.7 Å². The quantitative estimate of drug-likeness (QED) is 0.373. The van der Waals surface area contributed by atoms with Crippen LogP contribution in [0.3, 0.4) is 0 Å². The molecule has 3 heterocycles. The van der Waals surface area contributed by atoms with Gasteiger partial charge in [-0.3, -0.25) is 19.8 Å². The van der Waals surface area contributed by atoms with Crippen LogP contribution in [0.5, 0.6) is 11.5 Å². The molecule has 4 aromatic rings. The van der Waals surface area contributed by atoms with Crippen LogP contribution in [0.25, 0.3) is 20.8 Å².